The fourth-order valence-electron chi connectivity index (χ4n) is 3.02. The first-order chi connectivity index (χ1) is 13.1. The smallest absolute Gasteiger partial charge is 0.289 e. The van der Waals surface area contributed by atoms with Gasteiger partial charge in [-0.15, -0.1) is 11.3 Å². The number of hydrogen-bond donors (Lipinski definition) is 0. The van der Waals surface area contributed by atoms with Gasteiger partial charge in [-0.05, 0) is 40.2 Å². The fraction of sp³-hybridized carbons (Fsp3) is 0.263. The Morgan fingerprint density at radius 1 is 1.15 bits per heavy atom. The van der Waals surface area contributed by atoms with Crippen LogP contribution in [0.5, 0.6) is 0 Å². The molecular weight excluding hydrogens is 450 g/mol. The monoisotopic (exact) mass is 465 g/mol. The number of furan rings is 1. The standard InChI is InChI=1S/C19H17BrClN3O2S/c20-17-6-5-16(26-17)19(25)24-9-7-23(8-10-24)11-18-22-15(12-27-18)13-1-3-14(21)4-2-13/h1-6,12H,7-11H2. The molecule has 2 aromatic heterocycles. The van der Waals surface area contributed by atoms with Crippen molar-refractivity contribution in [3.05, 3.63) is 62.2 Å². The van der Waals surface area contributed by atoms with E-state index >= 15 is 0 Å². The summed E-state index contributed by atoms with van der Waals surface area (Å²) in [5.74, 6) is 0.322. The maximum absolute atomic E-state index is 12.4. The molecule has 0 atom stereocenters. The molecule has 0 unspecified atom stereocenters. The van der Waals surface area contributed by atoms with Crippen LogP contribution in [0.4, 0.5) is 0 Å². The third-order valence-corrected chi connectivity index (χ3v) is 6.01. The summed E-state index contributed by atoms with van der Waals surface area (Å²) in [4.78, 5) is 21.3. The lowest BCUT2D eigenvalue weighted by Crippen LogP contribution is -2.48. The van der Waals surface area contributed by atoms with Crippen LogP contribution in [-0.4, -0.2) is 46.9 Å². The summed E-state index contributed by atoms with van der Waals surface area (Å²) in [5, 5.41) is 3.88. The zero-order valence-electron chi connectivity index (χ0n) is 14.4. The first kappa shape index (κ1) is 18.7. The first-order valence-corrected chi connectivity index (χ1v) is 10.6. The molecule has 27 heavy (non-hydrogen) atoms. The molecule has 1 aliphatic rings. The molecule has 140 valence electrons. The number of thiazole rings is 1. The molecular formula is C19H17BrClN3O2S. The minimum Gasteiger partial charge on any atom is -0.444 e. The average Bonchev–Trinajstić information content (AvgIpc) is 3.32. The van der Waals surface area contributed by atoms with Crippen molar-refractivity contribution in [1.29, 1.82) is 0 Å². The molecule has 3 heterocycles. The molecule has 0 bridgehead atoms. The van der Waals surface area contributed by atoms with E-state index in [-0.39, 0.29) is 5.91 Å². The van der Waals surface area contributed by atoms with Crippen molar-refractivity contribution in [3.63, 3.8) is 0 Å². The van der Waals surface area contributed by atoms with E-state index in [1.165, 1.54) is 0 Å². The normalized spacial score (nSPS) is 15.3. The number of halogens is 2. The summed E-state index contributed by atoms with van der Waals surface area (Å²) in [6, 6.07) is 11.2. The van der Waals surface area contributed by atoms with Crippen molar-refractivity contribution in [2.75, 3.05) is 26.2 Å². The van der Waals surface area contributed by atoms with Crippen LogP contribution in [0.1, 0.15) is 15.6 Å². The summed E-state index contributed by atoms with van der Waals surface area (Å²) < 4.78 is 5.94. The molecule has 0 aliphatic carbocycles. The maximum Gasteiger partial charge on any atom is 0.289 e. The lowest BCUT2D eigenvalue weighted by Gasteiger charge is -2.33. The number of benzene rings is 1. The van der Waals surface area contributed by atoms with E-state index in [9.17, 15) is 4.79 Å². The van der Waals surface area contributed by atoms with Crippen LogP contribution in [0, 0.1) is 0 Å². The van der Waals surface area contributed by atoms with Crippen LogP contribution < -0.4 is 0 Å². The molecule has 0 spiro atoms. The largest absolute Gasteiger partial charge is 0.444 e. The van der Waals surface area contributed by atoms with Crippen molar-refractivity contribution in [2.24, 2.45) is 0 Å². The Bertz CT molecular complexity index is 933. The number of rotatable bonds is 4. The van der Waals surface area contributed by atoms with Crippen LogP contribution >= 0.6 is 38.9 Å². The highest BCUT2D eigenvalue weighted by Crippen LogP contribution is 2.24. The van der Waals surface area contributed by atoms with Gasteiger partial charge in [0.1, 0.15) is 5.01 Å². The molecule has 0 saturated carbocycles. The van der Waals surface area contributed by atoms with Gasteiger partial charge in [0.25, 0.3) is 5.91 Å². The Morgan fingerprint density at radius 3 is 2.56 bits per heavy atom. The molecule has 8 heteroatoms. The van der Waals surface area contributed by atoms with Crippen molar-refractivity contribution in [1.82, 2.24) is 14.8 Å². The number of hydrogen-bond acceptors (Lipinski definition) is 5. The van der Waals surface area contributed by atoms with Crippen molar-refractivity contribution < 1.29 is 9.21 Å². The quantitative estimate of drug-likeness (QED) is 0.555. The van der Waals surface area contributed by atoms with Crippen molar-refractivity contribution in [3.8, 4) is 11.3 Å². The Hall–Kier alpha value is -1.67. The zero-order valence-corrected chi connectivity index (χ0v) is 17.6. The molecule has 1 fully saturated rings. The van der Waals surface area contributed by atoms with Gasteiger partial charge in [0, 0.05) is 42.1 Å². The highest BCUT2D eigenvalue weighted by molar-refractivity contribution is 9.10. The Balaban J connectivity index is 1.33. The van der Waals surface area contributed by atoms with Gasteiger partial charge in [0.2, 0.25) is 0 Å². The van der Waals surface area contributed by atoms with Gasteiger partial charge < -0.3 is 9.32 Å². The number of aromatic nitrogens is 1. The van der Waals surface area contributed by atoms with Gasteiger partial charge in [-0.1, -0.05) is 23.7 Å². The Kier molecular flexibility index (Phi) is 5.63. The van der Waals surface area contributed by atoms with Gasteiger partial charge in [-0.3, -0.25) is 9.69 Å². The van der Waals surface area contributed by atoms with E-state index < -0.39 is 0 Å². The van der Waals surface area contributed by atoms with Crippen LogP contribution in [0.25, 0.3) is 11.3 Å². The van der Waals surface area contributed by atoms with E-state index in [1.54, 1.807) is 23.5 Å². The number of carbonyl (C=O) groups is 1. The lowest BCUT2D eigenvalue weighted by atomic mass is 10.2. The molecule has 3 aromatic rings. The highest BCUT2D eigenvalue weighted by atomic mass is 79.9. The fourth-order valence-corrected chi connectivity index (χ4v) is 4.30. The second-order valence-electron chi connectivity index (χ2n) is 6.31. The van der Waals surface area contributed by atoms with Crippen molar-refractivity contribution >= 4 is 44.8 Å². The number of carbonyl (C=O) groups excluding carboxylic acids is 1. The summed E-state index contributed by atoms with van der Waals surface area (Å²) in [6.07, 6.45) is 0. The molecule has 5 nitrogen and oxygen atoms in total. The minimum atomic E-state index is -0.0559. The predicted octanol–water partition coefficient (Wildman–Crippen LogP) is 4.78. The minimum absolute atomic E-state index is 0.0559. The molecule has 1 amide bonds. The predicted molar refractivity (Wildman–Crippen MR) is 110 cm³/mol. The zero-order chi connectivity index (χ0) is 18.8. The second-order valence-corrected chi connectivity index (χ2v) is 8.47. The average molecular weight is 467 g/mol. The number of amides is 1. The van der Waals surface area contributed by atoms with Crippen molar-refractivity contribution in [2.45, 2.75) is 6.54 Å². The van der Waals surface area contributed by atoms with E-state index in [4.69, 9.17) is 21.0 Å². The molecule has 1 aromatic carbocycles. The molecule has 4 rings (SSSR count). The third-order valence-electron chi connectivity index (χ3n) is 4.49. The maximum atomic E-state index is 12.4. The van der Waals surface area contributed by atoms with Gasteiger partial charge in [-0.25, -0.2) is 4.98 Å². The van der Waals surface area contributed by atoms with Gasteiger partial charge in [-0.2, -0.15) is 0 Å². The molecule has 0 N–H and O–H groups in total. The summed E-state index contributed by atoms with van der Waals surface area (Å²) in [5.41, 5.74) is 2.05. The van der Waals surface area contributed by atoms with E-state index in [0.29, 0.717) is 23.5 Å². The van der Waals surface area contributed by atoms with Crippen LogP contribution in [-0.2, 0) is 6.54 Å². The van der Waals surface area contributed by atoms with Gasteiger partial charge >= 0.3 is 0 Å². The van der Waals surface area contributed by atoms with Gasteiger partial charge in [0.05, 0.1) is 12.2 Å². The van der Waals surface area contributed by atoms with Crippen LogP contribution in [0.3, 0.4) is 0 Å². The molecule has 1 saturated heterocycles. The van der Waals surface area contributed by atoms with Gasteiger partial charge in [0.15, 0.2) is 10.4 Å². The SMILES string of the molecule is O=C(c1ccc(Br)o1)N1CCN(Cc2nc(-c3ccc(Cl)cc3)cs2)CC1. The molecule has 1 aliphatic heterocycles. The summed E-state index contributed by atoms with van der Waals surface area (Å²) in [7, 11) is 0. The third kappa shape index (κ3) is 4.43. The Morgan fingerprint density at radius 2 is 1.89 bits per heavy atom. The number of piperazine rings is 1. The Labute approximate surface area is 174 Å². The van der Waals surface area contributed by atoms with Crippen LogP contribution in [0.15, 0.2) is 50.9 Å². The second kappa shape index (κ2) is 8.14. The summed E-state index contributed by atoms with van der Waals surface area (Å²) in [6.45, 7) is 3.82. The lowest BCUT2D eigenvalue weighted by molar-refractivity contribution is 0.0596. The highest BCUT2D eigenvalue weighted by Gasteiger charge is 2.24. The topological polar surface area (TPSA) is 49.6 Å². The van der Waals surface area contributed by atoms with E-state index in [0.717, 1.165) is 40.9 Å². The first-order valence-electron chi connectivity index (χ1n) is 8.56. The number of nitrogens with zero attached hydrogens (tertiary/aromatic N) is 3. The summed E-state index contributed by atoms with van der Waals surface area (Å²) >= 11 is 10.8. The molecule has 0 radical (unpaired) electrons. The van der Waals surface area contributed by atoms with Crippen LogP contribution in [0.2, 0.25) is 5.02 Å². The van der Waals surface area contributed by atoms with E-state index in [2.05, 4.69) is 26.2 Å². The van der Waals surface area contributed by atoms with E-state index in [1.807, 2.05) is 29.2 Å².